The second-order valence-electron chi connectivity index (χ2n) is 7.67. The molecule has 0 radical (unpaired) electrons. The summed E-state index contributed by atoms with van der Waals surface area (Å²) in [5.74, 6) is 0.932. The van der Waals surface area contributed by atoms with E-state index in [2.05, 4.69) is 58.4 Å². The van der Waals surface area contributed by atoms with Crippen LogP contribution in [-0.4, -0.2) is 87.8 Å². The van der Waals surface area contributed by atoms with Crippen LogP contribution in [0.4, 0.5) is 0 Å². The molecule has 2 heterocycles. The first-order chi connectivity index (χ1) is 12.1. The van der Waals surface area contributed by atoms with Gasteiger partial charge in [-0.15, -0.1) is 0 Å². The smallest absolute Gasteiger partial charge is 0.118 e. The minimum absolute atomic E-state index is 0.391. The first kappa shape index (κ1) is 18.6. The third kappa shape index (κ3) is 5.42. The monoisotopic (exact) mass is 346 g/mol. The number of rotatable bonds is 6. The SMILES string of the molecule is COc1ccc([C@H](CN2CCN(C)CC2)NC2CCN(C)CC2)cc1. The molecule has 0 saturated carbocycles. The van der Waals surface area contributed by atoms with E-state index in [1.54, 1.807) is 7.11 Å². The number of methoxy groups -OCH3 is 1. The second kappa shape index (κ2) is 8.99. The third-order valence-electron chi connectivity index (χ3n) is 5.71. The van der Waals surface area contributed by atoms with E-state index in [0.717, 1.165) is 25.4 Å². The zero-order valence-electron chi connectivity index (χ0n) is 16.1. The molecule has 0 aliphatic carbocycles. The van der Waals surface area contributed by atoms with Crippen LogP contribution in [0.2, 0.25) is 0 Å². The lowest BCUT2D eigenvalue weighted by Gasteiger charge is -2.37. The van der Waals surface area contributed by atoms with Crippen LogP contribution in [0.1, 0.15) is 24.4 Å². The molecule has 0 bridgehead atoms. The number of hydrogen-bond donors (Lipinski definition) is 1. The minimum Gasteiger partial charge on any atom is -0.497 e. The topological polar surface area (TPSA) is 31.0 Å². The Balaban J connectivity index is 1.66. The molecule has 5 heteroatoms. The molecule has 1 N–H and O–H groups in total. The number of likely N-dealkylation sites (tertiary alicyclic amines) is 1. The number of hydrogen-bond acceptors (Lipinski definition) is 5. The summed E-state index contributed by atoms with van der Waals surface area (Å²) < 4.78 is 5.33. The largest absolute Gasteiger partial charge is 0.497 e. The van der Waals surface area contributed by atoms with Crippen LogP contribution in [0.15, 0.2) is 24.3 Å². The molecule has 140 valence electrons. The quantitative estimate of drug-likeness (QED) is 0.847. The molecule has 1 aromatic rings. The number of nitrogens with one attached hydrogen (secondary N) is 1. The van der Waals surface area contributed by atoms with Crippen molar-refractivity contribution in [1.82, 2.24) is 20.0 Å². The van der Waals surface area contributed by atoms with Gasteiger partial charge in [0, 0.05) is 44.8 Å². The van der Waals surface area contributed by atoms with Crippen molar-refractivity contribution in [2.45, 2.75) is 24.9 Å². The fourth-order valence-corrected chi connectivity index (χ4v) is 3.84. The molecule has 0 spiro atoms. The number of nitrogens with zero attached hydrogens (tertiary/aromatic N) is 3. The minimum atomic E-state index is 0.391. The van der Waals surface area contributed by atoms with Crippen LogP contribution >= 0.6 is 0 Å². The summed E-state index contributed by atoms with van der Waals surface area (Å²) in [6.45, 7) is 8.15. The summed E-state index contributed by atoms with van der Waals surface area (Å²) in [4.78, 5) is 7.46. The summed E-state index contributed by atoms with van der Waals surface area (Å²) >= 11 is 0. The van der Waals surface area contributed by atoms with Crippen molar-refractivity contribution in [3.63, 3.8) is 0 Å². The van der Waals surface area contributed by atoms with E-state index in [4.69, 9.17) is 4.74 Å². The van der Waals surface area contributed by atoms with Gasteiger partial charge in [0.25, 0.3) is 0 Å². The lowest BCUT2D eigenvalue weighted by Crippen LogP contribution is -2.49. The molecule has 1 aromatic carbocycles. The highest BCUT2D eigenvalue weighted by atomic mass is 16.5. The number of benzene rings is 1. The standard InChI is InChI=1S/C20H34N4O/c1-22-10-8-18(9-11-22)21-20(16-24-14-12-23(2)13-15-24)17-4-6-19(25-3)7-5-17/h4-7,18,20-21H,8-16H2,1-3H3/t20-/m0/s1. The molecule has 2 fully saturated rings. The van der Waals surface area contributed by atoms with Gasteiger partial charge in [0.15, 0.2) is 0 Å². The van der Waals surface area contributed by atoms with Crippen molar-refractivity contribution in [3.8, 4) is 5.75 Å². The maximum atomic E-state index is 5.33. The van der Waals surface area contributed by atoms with Crippen LogP contribution in [0.25, 0.3) is 0 Å². The third-order valence-corrected chi connectivity index (χ3v) is 5.71. The van der Waals surface area contributed by atoms with E-state index in [9.17, 15) is 0 Å². The van der Waals surface area contributed by atoms with Gasteiger partial charge in [0.2, 0.25) is 0 Å². The Hall–Kier alpha value is -1.14. The van der Waals surface area contributed by atoms with E-state index >= 15 is 0 Å². The predicted molar refractivity (Wildman–Crippen MR) is 103 cm³/mol. The highest BCUT2D eigenvalue weighted by molar-refractivity contribution is 5.29. The molecular formula is C20H34N4O. The van der Waals surface area contributed by atoms with E-state index in [1.807, 2.05) is 0 Å². The lowest BCUT2D eigenvalue weighted by atomic mass is 10.00. The number of ether oxygens (including phenoxy) is 1. The molecule has 25 heavy (non-hydrogen) atoms. The fourth-order valence-electron chi connectivity index (χ4n) is 3.84. The van der Waals surface area contributed by atoms with Gasteiger partial charge in [0.05, 0.1) is 7.11 Å². The van der Waals surface area contributed by atoms with Crippen molar-refractivity contribution in [2.75, 3.05) is 67.0 Å². The lowest BCUT2D eigenvalue weighted by molar-refractivity contribution is 0.135. The zero-order chi connectivity index (χ0) is 17.6. The first-order valence-corrected chi connectivity index (χ1v) is 9.63. The number of piperazine rings is 1. The average molecular weight is 347 g/mol. The fraction of sp³-hybridized carbons (Fsp3) is 0.700. The Morgan fingerprint density at radius 1 is 0.960 bits per heavy atom. The molecule has 2 aliphatic heterocycles. The van der Waals surface area contributed by atoms with Gasteiger partial charge in [-0.05, 0) is 57.7 Å². The Morgan fingerprint density at radius 3 is 2.16 bits per heavy atom. The Labute approximate surface area is 152 Å². The molecule has 0 unspecified atom stereocenters. The number of likely N-dealkylation sites (N-methyl/N-ethyl adjacent to an activating group) is 1. The van der Waals surface area contributed by atoms with Gasteiger partial charge >= 0.3 is 0 Å². The van der Waals surface area contributed by atoms with Crippen molar-refractivity contribution < 1.29 is 4.74 Å². The van der Waals surface area contributed by atoms with Crippen LogP contribution in [0, 0.1) is 0 Å². The normalized spacial score (nSPS) is 22.8. The van der Waals surface area contributed by atoms with Gasteiger partial charge in [-0.2, -0.15) is 0 Å². The predicted octanol–water partition coefficient (Wildman–Crippen LogP) is 1.67. The van der Waals surface area contributed by atoms with Crippen molar-refractivity contribution in [1.29, 1.82) is 0 Å². The second-order valence-corrected chi connectivity index (χ2v) is 7.67. The van der Waals surface area contributed by atoms with Gasteiger partial charge < -0.3 is 19.9 Å². The van der Waals surface area contributed by atoms with Crippen molar-refractivity contribution in [2.24, 2.45) is 0 Å². The maximum absolute atomic E-state index is 5.33. The highest BCUT2D eigenvalue weighted by Gasteiger charge is 2.24. The molecule has 2 saturated heterocycles. The van der Waals surface area contributed by atoms with Crippen LogP contribution in [0.5, 0.6) is 5.75 Å². The van der Waals surface area contributed by atoms with Crippen LogP contribution < -0.4 is 10.1 Å². The van der Waals surface area contributed by atoms with Crippen molar-refractivity contribution in [3.05, 3.63) is 29.8 Å². The molecule has 0 aromatic heterocycles. The molecule has 0 amide bonds. The summed E-state index contributed by atoms with van der Waals surface area (Å²) in [5, 5.41) is 3.97. The zero-order valence-corrected chi connectivity index (χ0v) is 16.1. The van der Waals surface area contributed by atoms with Crippen LogP contribution in [-0.2, 0) is 0 Å². The molecular weight excluding hydrogens is 312 g/mol. The van der Waals surface area contributed by atoms with Gasteiger partial charge in [-0.1, -0.05) is 12.1 Å². The Morgan fingerprint density at radius 2 is 1.56 bits per heavy atom. The highest BCUT2D eigenvalue weighted by Crippen LogP contribution is 2.22. The van der Waals surface area contributed by atoms with Gasteiger partial charge in [0.1, 0.15) is 5.75 Å². The van der Waals surface area contributed by atoms with Crippen LogP contribution in [0.3, 0.4) is 0 Å². The molecule has 1 atom stereocenters. The molecule has 5 nitrogen and oxygen atoms in total. The average Bonchev–Trinajstić information content (AvgIpc) is 2.65. The molecule has 3 rings (SSSR count). The number of piperidine rings is 1. The Kier molecular flexibility index (Phi) is 6.70. The summed E-state index contributed by atoms with van der Waals surface area (Å²) in [5.41, 5.74) is 1.37. The van der Waals surface area contributed by atoms with Crippen molar-refractivity contribution >= 4 is 0 Å². The van der Waals surface area contributed by atoms with E-state index < -0.39 is 0 Å². The maximum Gasteiger partial charge on any atom is 0.118 e. The van der Waals surface area contributed by atoms with Gasteiger partial charge in [-0.25, -0.2) is 0 Å². The van der Waals surface area contributed by atoms with E-state index in [0.29, 0.717) is 12.1 Å². The first-order valence-electron chi connectivity index (χ1n) is 9.63. The molecule has 2 aliphatic rings. The summed E-state index contributed by atoms with van der Waals surface area (Å²) in [7, 11) is 6.17. The van der Waals surface area contributed by atoms with E-state index in [1.165, 1.54) is 44.6 Å². The van der Waals surface area contributed by atoms with Gasteiger partial charge in [-0.3, -0.25) is 4.90 Å². The Bertz CT molecular complexity index is 481. The van der Waals surface area contributed by atoms with E-state index in [-0.39, 0.29) is 0 Å². The summed E-state index contributed by atoms with van der Waals surface area (Å²) in [6, 6.07) is 9.63. The summed E-state index contributed by atoms with van der Waals surface area (Å²) in [6.07, 6.45) is 2.48.